The SMILES string of the molecule is Cc1ccc(NC(=O)C2COCC2N)c(C)n1. The van der Waals surface area contributed by atoms with E-state index in [9.17, 15) is 4.79 Å². The molecule has 0 bridgehead atoms. The van der Waals surface area contributed by atoms with Crippen LogP contribution in [0.1, 0.15) is 11.4 Å². The van der Waals surface area contributed by atoms with Crippen molar-refractivity contribution in [1.82, 2.24) is 4.98 Å². The number of carbonyl (C=O) groups is 1. The Morgan fingerprint density at radius 1 is 1.47 bits per heavy atom. The zero-order valence-corrected chi connectivity index (χ0v) is 10.1. The van der Waals surface area contributed by atoms with E-state index in [1.165, 1.54) is 0 Å². The van der Waals surface area contributed by atoms with Crippen molar-refractivity contribution in [3.8, 4) is 0 Å². The highest BCUT2D eigenvalue weighted by Crippen LogP contribution is 2.17. The van der Waals surface area contributed by atoms with Crippen molar-refractivity contribution >= 4 is 11.6 Å². The maximum absolute atomic E-state index is 12.0. The molecule has 1 aromatic heterocycles. The minimum absolute atomic E-state index is 0.0937. The van der Waals surface area contributed by atoms with E-state index in [0.29, 0.717) is 13.2 Å². The molecule has 1 aliphatic rings. The summed E-state index contributed by atoms with van der Waals surface area (Å²) >= 11 is 0. The van der Waals surface area contributed by atoms with Gasteiger partial charge in [-0.1, -0.05) is 0 Å². The molecule has 3 N–H and O–H groups in total. The molecule has 0 spiro atoms. The molecule has 5 nitrogen and oxygen atoms in total. The molecule has 0 radical (unpaired) electrons. The van der Waals surface area contributed by atoms with Gasteiger partial charge in [-0.2, -0.15) is 0 Å². The van der Waals surface area contributed by atoms with E-state index in [0.717, 1.165) is 17.1 Å². The Balaban J connectivity index is 2.07. The van der Waals surface area contributed by atoms with Crippen LogP contribution in [0.2, 0.25) is 0 Å². The Morgan fingerprint density at radius 3 is 2.82 bits per heavy atom. The molecule has 2 unspecified atom stereocenters. The molecule has 17 heavy (non-hydrogen) atoms. The van der Waals surface area contributed by atoms with E-state index in [-0.39, 0.29) is 17.9 Å². The summed E-state index contributed by atoms with van der Waals surface area (Å²) in [5.74, 6) is -0.362. The van der Waals surface area contributed by atoms with Crippen LogP contribution < -0.4 is 11.1 Å². The maximum atomic E-state index is 12.0. The molecule has 5 heteroatoms. The molecule has 1 saturated heterocycles. The van der Waals surface area contributed by atoms with Crippen molar-refractivity contribution in [3.63, 3.8) is 0 Å². The number of nitrogens with one attached hydrogen (secondary N) is 1. The van der Waals surface area contributed by atoms with Crippen LogP contribution in [0.15, 0.2) is 12.1 Å². The molecule has 2 atom stereocenters. The highest BCUT2D eigenvalue weighted by atomic mass is 16.5. The molecule has 1 aromatic rings. The topological polar surface area (TPSA) is 77.2 Å². The average molecular weight is 235 g/mol. The van der Waals surface area contributed by atoms with Gasteiger partial charge in [-0.25, -0.2) is 0 Å². The zero-order valence-electron chi connectivity index (χ0n) is 10.1. The van der Waals surface area contributed by atoms with Gasteiger partial charge < -0.3 is 15.8 Å². The normalized spacial score (nSPS) is 23.7. The van der Waals surface area contributed by atoms with Gasteiger partial charge in [0.15, 0.2) is 0 Å². The van der Waals surface area contributed by atoms with Crippen LogP contribution in [0.25, 0.3) is 0 Å². The number of nitrogens with zero attached hydrogens (tertiary/aromatic N) is 1. The van der Waals surface area contributed by atoms with Crippen molar-refractivity contribution in [1.29, 1.82) is 0 Å². The summed E-state index contributed by atoms with van der Waals surface area (Å²) in [7, 11) is 0. The van der Waals surface area contributed by atoms with Crippen LogP contribution >= 0.6 is 0 Å². The third-order valence-electron chi connectivity index (χ3n) is 2.94. The van der Waals surface area contributed by atoms with Crippen LogP contribution in [0.4, 0.5) is 5.69 Å². The molecular formula is C12H17N3O2. The summed E-state index contributed by atoms with van der Waals surface area (Å²) < 4.78 is 5.18. The second-order valence-corrected chi connectivity index (χ2v) is 4.38. The highest BCUT2D eigenvalue weighted by Gasteiger charge is 2.31. The summed E-state index contributed by atoms with van der Waals surface area (Å²) in [6.45, 7) is 4.63. The first-order valence-electron chi connectivity index (χ1n) is 5.66. The third-order valence-corrected chi connectivity index (χ3v) is 2.94. The van der Waals surface area contributed by atoms with Gasteiger partial charge in [0.1, 0.15) is 0 Å². The smallest absolute Gasteiger partial charge is 0.231 e. The molecule has 2 rings (SSSR count). The number of pyridine rings is 1. The lowest BCUT2D eigenvalue weighted by molar-refractivity contribution is -0.120. The molecule has 0 aliphatic carbocycles. The second-order valence-electron chi connectivity index (χ2n) is 4.38. The fraction of sp³-hybridized carbons (Fsp3) is 0.500. The summed E-state index contributed by atoms with van der Waals surface area (Å²) in [6, 6.07) is 3.51. The Bertz CT molecular complexity index is 434. The van der Waals surface area contributed by atoms with Gasteiger partial charge in [0.2, 0.25) is 5.91 Å². The van der Waals surface area contributed by atoms with Gasteiger partial charge in [0, 0.05) is 11.7 Å². The number of rotatable bonds is 2. The van der Waals surface area contributed by atoms with E-state index >= 15 is 0 Å². The van der Waals surface area contributed by atoms with Gasteiger partial charge in [-0.15, -0.1) is 0 Å². The fourth-order valence-electron chi connectivity index (χ4n) is 1.89. The van der Waals surface area contributed by atoms with Crippen molar-refractivity contribution in [2.45, 2.75) is 19.9 Å². The van der Waals surface area contributed by atoms with E-state index < -0.39 is 0 Å². The number of hydrogen-bond acceptors (Lipinski definition) is 4. The van der Waals surface area contributed by atoms with Gasteiger partial charge >= 0.3 is 0 Å². The van der Waals surface area contributed by atoms with Crippen molar-refractivity contribution in [2.24, 2.45) is 11.7 Å². The first kappa shape index (κ1) is 12.0. The van der Waals surface area contributed by atoms with E-state index in [2.05, 4.69) is 10.3 Å². The molecule has 1 amide bonds. The zero-order chi connectivity index (χ0) is 12.4. The average Bonchev–Trinajstić information content (AvgIpc) is 2.68. The van der Waals surface area contributed by atoms with Crippen molar-refractivity contribution in [3.05, 3.63) is 23.5 Å². The van der Waals surface area contributed by atoms with Crippen LogP contribution in [0.5, 0.6) is 0 Å². The minimum atomic E-state index is -0.268. The number of hydrogen-bond donors (Lipinski definition) is 2. The molecular weight excluding hydrogens is 218 g/mol. The summed E-state index contributed by atoms with van der Waals surface area (Å²) in [5.41, 5.74) is 8.27. The summed E-state index contributed by atoms with van der Waals surface area (Å²) in [5, 5.41) is 2.85. The Morgan fingerprint density at radius 2 is 2.24 bits per heavy atom. The molecule has 92 valence electrons. The predicted octanol–water partition coefficient (Wildman–Crippen LogP) is 0.611. The second kappa shape index (κ2) is 4.81. The lowest BCUT2D eigenvalue weighted by atomic mass is 10.0. The number of amides is 1. The molecule has 2 heterocycles. The lowest BCUT2D eigenvalue weighted by Crippen LogP contribution is -2.37. The van der Waals surface area contributed by atoms with E-state index in [1.807, 2.05) is 26.0 Å². The van der Waals surface area contributed by atoms with Crippen molar-refractivity contribution in [2.75, 3.05) is 18.5 Å². The summed E-state index contributed by atoms with van der Waals surface area (Å²) in [4.78, 5) is 16.3. The maximum Gasteiger partial charge on any atom is 0.231 e. The highest BCUT2D eigenvalue weighted by molar-refractivity contribution is 5.93. The molecule has 0 aromatic carbocycles. The Labute approximate surface area is 100 Å². The van der Waals surface area contributed by atoms with Gasteiger partial charge in [-0.05, 0) is 26.0 Å². The Kier molecular flexibility index (Phi) is 3.40. The number of carbonyl (C=O) groups excluding carboxylic acids is 1. The lowest BCUT2D eigenvalue weighted by Gasteiger charge is -2.14. The standard InChI is InChI=1S/C12H17N3O2/c1-7-3-4-11(8(2)14-7)15-12(16)9-5-17-6-10(9)13/h3-4,9-10H,5-6,13H2,1-2H3,(H,15,16). The number of nitrogens with two attached hydrogens (primary N) is 1. The Hall–Kier alpha value is -1.46. The number of aromatic nitrogens is 1. The predicted molar refractivity (Wildman–Crippen MR) is 64.6 cm³/mol. The summed E-state index contributed by atoms with van der Waals surface area (Å²) in [6.07, 6.45) is 0. The molecule has 0 saturated carbocycles. The van der Waals surface area contributed by atoms with Crippen LogP contribution in [0, 0.1) is 19.8 Å². The quantitative estimate of drug-likeness (QED) is 0.787. The van der Waals surface area contributed by atoms with E-state index in [4.69, 9.17) is 10.5 Å². The molecule has 1 aliphatic heterocycles. The monoisotopic (exact) mass is 235 g/mol. The van der Waals surface area contributed by atoms with E-state index in [1.54, 1.807) is 0 Å². The first-order valence-corrected chi connectivity index (χ1v) is 5.66. The fourth-order valence-corrected chi connectivity index (χ4v) is 1.89. The number of aryl methyl sites for hydroxylation is 2. The van der Waals surface area contributed by atoms with Crippen LogP contribution in [-0.2, 0) is 9.53 Å². The van der Waals surface area contributed by atoms with Gasteiger partial charge in [0.25, 0.3) is 0 Å². The largest absolute Gasteiger partial charge is 0.379 e. The third kappa shape index (κ3) is 2.62. The van der Waals surface area contributed by atoms with Gasteiger partial charge in [-0.3, -0.25) is 9.78 Å². The molecule has 1 fully saturated rings. The number of ether oxygens (including phenoxy) is 1. The first-order chi connectivity index (χ1) is 8.08. The number of anilines is 1. The van der Waals surface area contributed by atoms with Gasteiger partial charge in [0.05, 0.1) is 30.5 Å². The van der Waals surface area contributed by atoms with Crippen molar-refractivity contribution < 1.29 is 9.53 Å². The minimum Gasteiger partial charge on any atom is -0.379 e. The van der Waals surface area contributed by atoms with Crippen LogP contribution in [0.3, 0.4) is 0 Å². The van der Waals surface area contributed by atoms with Crippen LogP contribution in [-0.4, -0.2) is 30.1 Å².